The summed E-state index contributed by atoms with van der Waals surface area (Å²) in [6.07, 6.45) is 3.43. The minimum Gasteiger partial charge on any atom is -0.337 e. The number of H-pyrrole nitrogens is 1. The highest BCUT2D eigenvalue weighted by molar-refractivity contribution is 6.31. The van der Waals surface area contributed by atoms with E-state index in [1.807, 2.05) is 65.5 Å². The largest absolute Gasteiger partial charge is 0.337 e. The quantitative estimate of drug-likeness (QED) is 0.496. The number of benzene rings is 2. The molecule has 31 heavy (non-hydrogen) atoms. The molecule has 0 saturated heterocycles. The van der Waals surface area contributed by atoms with Gasteiger partial charge in [-0.05, 0) is 23.8 Å². The Bertz CT molecular complexity index is 1260. The number of aromatic amines is 1. The van der Waals surface area contributed by atoms with Gasteiger partial charge in [-0.1, -0.05) is 60.1 Å². The van der Waals surface area contributed by atoms with Crippen LogP contribution in [0.2, 0.25) is 5.02 Å². The van der Waals surface area contributed by atoms with Gasteiger partial charge < -0.3 is 9.88 Å². The minimum atomic E-state index is -0.406. The lowest BCUT2D eigenvalue weighted by Gasteiger charge is -2.16. The first-order valence-electron chi connectivity index (χ1n) is 9.81. The van der Waals surface area contributed by atoms with Gasteiger partial charge in [0.05, 0.1) is 12.2 Å². The lowest BCUT2D eigenvalue weighted by atomic mass is 10.1. The van der Waals surface area contributed by atoms with E-state index < -0.39 is 5.56 Å². The average molecular weight is 433 g/mol. The molecule has 0 aliphatic rings. The van der Waals surface area contributed by atoms with Crippen molar-refractivity contribution < 1.29 is 4.79 Å². The van der Waals surface area contributed by atoms with Crippen LogP contribution in [0.1, 0.15) is 21.5 Å². The highest BCUT2D eigenvalue weighted by atomic mass is 35.5. The molecule has 1 amide bonds. The molecular weight excluding hydrogens is 412 g/mol. The molecule has 156 valence electrons. The van der Waals surface area contributed by atoms with Gasteiger partial charge in [-0.2, -0.15) is 5.10 Å². The van der Waals surface area contributed by atoms with Crippen LogP contribution in [0.4, 0.5) is 0 Å². The summed E-state index contributed by atoms with van der Waals surface area (Å²) in [5.41, 5.74) is 3.27. The van der Waals surface area contributed by atoms with Gasteiger partial charge in [-0.15, -0.1) is 0 Å². The van der Waals surface area contributed by atoms with Crippen LogP contribution in [0.25, 0.3) is 11.3 Å². The molecule has 6 nitrogen and oxygen atoms in total. The van der Waals surface area contributed by atoms with E-state index in [1.165, 1.54) is 17.2 Å². The van der Waals surface area contributed by atoms with Crippen LogP contribution < -0.4 is 5.56 Å². The number of carbonyl (C=O) groups excluding carboxylic acids is 1. The molecule has 0 aliphatic carbocycles. The number of hydrogen-bond acceptors (Lipinski definition) is 3. The second-order valence-corrected chi connectivity index (χ2v) is 7.64. The molecule has 0 atom stereocenters. The fourth-order valence-electron chi connectivity index (χ4n) is 3.42. The van der Waals surface area contributed by atoms with E-state index in [0.717, 1.165) is 22.4 Å². The first-order chi connectivity index (χ1) is 15.0. The van der Waals surface area contributed by atoms with Crippen molar-refractivity contribution in [1.29, 1.82) is 0 Å². The smallest absolute Gasteiger partial charge is 0.260 e. The summed E-state index contributed by atoms with van der Waals surface area (Å²) in [5, 5.41) is 5.45. The molecule has 4 aromatic rings. The standard InChI is InChI=1S/C24H21ClN4O2/c1-28(24(31)20-11-7-13-26-23(20)30)14-19-16-29(15-18-10-5-6-12-21(18)25)27-22(19)17-8-3-2-4-9-17/h2-13,16H,14-15H2,1H3,(H,26,30). The number of pyridine rings is 1. The highest BCUT2D eigenvalue weighted by Gasteiger charge is 2.19. The van der Waals surface area contributed by atoms with E-state index in [1.54, 1.807) is 13.1 Å². The molecule has 0 unspecified atom stereocenters. The predicted octanol–water partition coefficient (Wildman–Crippen LogP) is 4.21. The molecule has 4 rings (SSSR count). The minimum absolute atomic E-state index is 0.106. The second-order valence-electron chi connectivity index (χ2n) is 7.23. The van der Waals surface area contributed by atoms with Crippen LogP contribution in [0, 0.1) is 0 Å². The Morgan fingerprint density at radius 1 is 1.03 bits per heavy atom. The molecule has 0 fully saturated rings. The topological polar surface area (TPSA) is 71.0 Å². The third-order valence-electron chi connectivity index (χ3n) is 4.98. The van der Waals surface area contributed by atoms with Crippen LogP contribution in [0.3, 0.4) is 0 Å². The fourth-order valence-corrected chi connectivity index (χ4v) is 3.62. The molecule has 0 radical (unpaired) electrons. The maximum absolute atomic E-state index is 12.8. The molecule has 0 spiro atoms. The van der Waals surface area contributed by atoms with Crippen molar-refractivity contribution in [1.82, 2.24) is 19.7 Å². The molecule has 2 aromatic heterocycles. The lowest BCUT2D eigenvalue weighted by molar-refractivity contribution is 0.0783. The van der Waals surface area contributed by atoms with Crippen molar-refractivity contribution in [2.75, 3.05) is 7.05 Å². The molecule has 0 aliphatic heterocycles. The molecule has 7 heteroatoms. The van der Waals surface area contributed by atoms with E-state index in [9.17, 15) is 9.59 Å². The number of rotatable bonds is 6. The van der Waals surface area contributed by atoms with Crippen molar-refractivity contribution in [3.05, 3.63) is 111 Å². The number of halogens is 1. The maximum Gasteiger partial charge on any atom is 0.260 e. The third kappa shape index (κ3) is 4.59. The van der Waals surface area contributed by atoms with Crippen molar-refractivity contribution in [3.63, 3.8) is 0 Å². The SMILES string of the molecule is CN(Cc1cn(Cc2ccccc2Cl)nc1-c1ccccc1)C(=O)c1ccc[nH]c1=O. The third-order valence-corrected chi connectivity index (χ3v) is 5.35. The zero-order chi connectivity index (χ0) is 21.8. The Morgan fingerprint density at radius 3 is 2.52 bits per heavy atom. The Morgan fingerprint density at radius 2 is 1.77 bits per heavy atom. The van der Waals surface area contributed by atoms with Gasteiger partial charge in [0.15, 0.2) is 0 Å². The molecule has 1 N–H and O–H groups in total. The number of amides is 1. The second kappa shape index (κ2) is 9.02. The Balaban J connectivity index is 1.66. The predicted molar refractivity (Wildman–Crippen MR) is 121 cm³/mol. The molecule has 2 aromatic carbocycles. The van der Waals surface area contributed by atoms with Crippen molar-refractivity contribution in [2.24, 2.45) is 0 Å². The number of nitrogens with zero attached hydrogens (tertiary/aromatic N) is 3. The van der Waals surface area contributed by atoms with E-state index in [4.69, 9.17) is 16.7 Å². The Kier molecular flexibility index (Phi) is 6.00. The van der Waals surface area contributed by atoms with E-state index in [2.05, 4.69) is 4.98 Å². The summed E-state index contributed by atoms with van der Waals surface area (Å²) >= 11 is 6.32. The van der Waals surface area contributed by atoms with E-state index >= 15 is 0 Å². The first-order valence-corrected chi connectivity index (χ1v) is 10.2. The first kappa shape index (κ1) is 20.6. The van der Waals surface area contributed by atoms with Crippen molar-refractivity contribution in [2.45, 2.75) is 13.1 Å². The molecule has 0 saturated carbocycles. The van der Waals surface area contributed by atoms with E-state index in [-0.39, 0.29) is 11.5 Å². The summed E-state index contributed by atoms with van der Waals surface area (Å²) in [4.78, 5) is 28.9. The average Bonchev–Trinajstić information content (AvgIpc) is 3.18. The normalized spacial score (nSPS) is 10.8. The lowest BCUT2D eigenvalue weighted by Crippen LogP contribution is -2.31. The van der Waals surface area contributed by atoms with Gasteiger partial charge in [0.1, 0.15) is 5.56 Å². The molecular formula is C24H21ClN4O2. The van der Waals surface area contributed by atoms with Gasteiger partial charge in [0.25, 0.3) is 11.5 Å². The zero-order valence-electron chi connectivity index (χ0n) is 17.0. The van der Waals surface area contributed by atoms with Crippen LogP contribution in [0.15, 0.2) is 83.9 Å². The van der Waals surface area contributed by atoms with Gasteiger partial charge >= 0.3 is 0 Å². The number of carbonyl (C=O) groups is 1. The molecule has 0 bridgehead atoms. The van der Waals surface area contributed by atoms with Crippen molar-refractivity contribution in [3.8, 4) is 11.3 Å². The summed E-state index contributed by atoms with van der Waals surface area (Å²) in [5.74, 6) is -0.347. The molecule has 2 heterocycles. The fraction of sp³-hybridized carbons (Fsp3) is 0.125. The Hall–Kier alpha value is -3.64. The number of aromatic nitrogens is 3. The maximum atomic E-state index is 12.8. The van der Waals surface area contributed by atoms with Crippen LogP contribution in [-0.4, -0.2) is 32.6 Å². The number of hydrogen-bond donors (Lipinski definition) is 1. The van der Waals surface area contributed by atoms with E-state index in [0.29, 0.717) is 18.1 Å². The van der Waals surface area contributed by atoms with Gasteiger partial charge in [0.2, 0.25) is 0 Å². The number of nitrogens with one attached hydrogen (secondary N) is 1. The highest BCUT2D eigenvalue weighted by Crippen LogP contribution is 2.25. The van der Waals surface area contributed by atoms with Crippen LogP contribution >= 0.6 is 11.6 Å². The van der Waals surface area contributed by atoms with Gasteiger partial charge in [-0.3, -0.25) is 14.3 Å². The Labute approximate surface area is 184 Å². The summed E-state index contributed by atoms with van der Waals surface area (Å²) in [7, 11) is 1.68. The van der Waals surface area contributed by atoms with Gasteiger partial charge in [0, 0.05) is 42.1 Å². The summed E-state index contributed by atoms with van der Waals surface area (Å²) < 4.78 is 1.83. The summed E-state index contributed by atoms with van der Waals surface area (Å²) in [6, 6.07) is 20.6. The van der Waals surface area contributed by atoms with Crippen LogP contribution in [0.5, 0.6) is 0 Å². The summed E-state index contributed by atoms with van der Waals surface area (Å²) in [6.45, 7) is 0.815. The monoisotopic (exact) mass is 432 g/mol. The zero-order valence-corrected chi connectivity index (χ0v) is 17.7. The van der Waals surface area contributed by atoms with Gasteiger partial charge in [-0.25, -0.2) is 0 Å². The van der Waals surface area contributed by atoms with Crippen LogP contribution in [-0.2, 0) is 13.1 Å². The van der Waals surface area contributed by atoms with Crippen molar-refractivity contribution >= 4 is 17.5 Å².